The summed E-state index contributed by atoms with van der Waals surface area (Å²) < 4.78 is 0. The van der Waals surface area contributed by atoms with Crippen LogP contribution in [0.2, 0.25) is 0 Å². The minimum Gasteiger partial charge on any atom is -0.394 e. The summed E-state index contributed by atoms with van der Waals surface area (Å²) in [6, 6.07) is 0. The van der Waals surface area contributed by atoms with Crippen molar-refractivity contribution >= 4 is 0 Å². The van der Waals surface area contributed by atoms with Gasteiger partial charge in [-0.05, 0) is 12.6 Å². The second-order valence-corrected chi connectivity index (χ2v) is 2.91. The lowest BCUT2D eigenvalue weighted by Gasteiger charge is -2.29. The molecule has 0 aromatic carbocycles. The number of aliphatic hydroxyl groups is 1. The van der Waals surface area contributed by atoms with Crippen molar-refractivity contribution < 1.29 is 5.11 Å². The summed E-state index contributed by atoms with van der Waals surface area (Å²) in [5.41, 5.74) is -0.0556. The standard InChI is InChI=1S/C8H11NO/c10-7-8-3-1-5-9(8)6-2-4-8/h1-3,6,10H,4-5,7H2. The molecule has 10 heavy (non-hydrogen) atoms. The van der Waals surface area contributed by atoms with E-state index in [4.69, 9.17) is 5.11 Å². The largest absolute Gasteiger partial charge is 0.394 e. The molecular formula is C8H11NO. The summed E-state index contributed by atoms with van der Waals surface area (Å²) in [7, 11) is 0. The summed E-state index contributed by atoms with van der Waals surface area (Å²) in [5.74, 6) is 0. The van der Waals surface area contributed by atoms with Crippen molar-refractivity contribution in [1.29, 1.82) is 0 Å². The molecule has 2 heterocycles. The minimum atomic E-state index is -0.0556. The highest BCUT2D eigenvalue weighted by Gasteiger charge is 2.36. The van der Waals surface area contributed by atoms with Gasteiger partial charge in [-0.1, -0.05) is 18.2 Å². The minimum absolute atomic E-state index is 0.0556. The maximum atomic E-state index is 9.09. The van der Waals surface area contributed by atoms with Crippen LogP contribution in [0.25, 0.3) is 0 Å². The van der Waals surface area contributed by atoms with E-state index in [2.05, 4.69) is 29.3 Å². The molecule has 0 bridgehead atoms. The fourth-order valence-electron chi connectivity index (χ4n) is 1.65. The maximum absolute atomic E-state index is 9.09. The summed E-state index contributed by atoms with van der Waals surface area (Å²) in [4.78, 5) is 2.17. The van der Waals surface area contributed by atoms with Crippen LogP contribution in [-0.4, -0.2) is 28.7 Å². The first-order valence-corrected chi connectivity index (χ1v) is 3.59. The summed E-state index contributed by atoms with van der Waals surface area (Å²) in [6.07, 6.45) is 9.35. The molecule has 2 heteroatoms. The Morgan fingerprint density at radius 1 is 1.50 bits per heavy atom. The number of hydrogen-bond acceptors (Lipinski definition) is 2. The molecule has 0 fully saturated rings. The van der Waals surface area contributed by atoms with Crippen LogP contribution in [0.4, 0.5) is 0 Å². The Hall–Kier alpha value is -0.760. The third kappa shape index (κ3) is 0.570. The van der Waals surface area contributed by atoms with Crippen LogP contribution in [0.15, 0.2) is 24.4 Å². The predicted octanol–water partition coefficient (Wildman–Crippen LogP) is 0.507. The van der Waals surface area contributed by atoms with E-state index < -0.39 is 0 Å². The van der Waals surface area contributed by atoms with Crippen molar-refractivity contribution in [2.45, 2.75) is 12.0 Å². The highest BCUT2D eigenvalue weighted by molar-refractivity contribution is 5.24. The maximum Gasteiger partial charge on any atom is 0.0848 e. The van der Waals surface area contributed by atoms with E-state index in [-0.39, 0.29) is 12.1 Å². The van der Waals surface area contributed by atoms with Crippen molar-refractivity contribution in [3.05, 3.63) is 24.4 Å². The first-order valence-electron chi connectivity index (χ1n) is 3.59. The Bertz CT molecular complexity index is 197. The molecule has 2 aliphatic rings. The smallest absolute Gasteiger partial charge is 0.0848 e. The number of nitrogens with zero attached hydrogens (tertiary/aromatic N) is 1. The van der Waals surface area contributed by atoms with E-state index in [1.54, 1.807) is 0 Å². The molecule has 0 aliphatic carbocycles. The number of hydrogen-bond donors (Lipinski definition) is 1. The molecule has 0 saturated carbocycles. The molecule has 1 atom stereocenters. The Morgan fingerprint density at radius 2 is 2.40 bits per heavy atom. The van der Waals surface area contributed by atoms with Gasteiger partial charge in [-0.3, -0.25) is 0 Å². The van der Waals surface area contributed by atoms with Crippen LogP contribution < -0.4 is 0 Å². The number of fused-ring (bicyclic) bond motifs is 1. The van der Waals surface area contributed by atoms with E-state index in [1.165, 1.54) is 0 Å². The van der Waals surface area contributed by atoms with Gasteiger partial charge in [-0.15, -0.1) is 0 Å². The molecule has 2 nitrogen and oxygen atoms in total. The van der Waals surface area contributed by atoms with Crippen molar-refractivity contribution in [1.82, 2.24) is 4.90 Å². The van der Waals surface area contributed by atoms with Crippen LogP contribution in [0, 0.1) is 0 Å². The zero-order chi connectivity index (χ0) is 7.03. The Morgan fingerprint density at radius 3 is 3.10 bits per heavy atom. The summed E-state index contributed by atoms with van der Waals surface area (Å²) in [5, 5.41) is 9.09. The van der Waals surface area contributed by atoms with Gasteiger partial charge < -0.3 is 10.0 Å². The van der Waals surface area contributed by atoms with E-state index in [9.17, 15) is 0 Å². The van der Waals surface area contributed by atoms with Crippen LogP contribution in [0.5, 0.6) is 0 Å². The van der Waals surface area contributed by atoms with Crippen LogP contribution in [-0.2, 0) is 0 Å². The average Bonchev–Trinajstić information content (AvgIpc) is 2.42. The second kappa shape index (κ2) is 1.86. The number of aliphatic hydroxyl groups excluding tert-OH is 1. The Kier molecular flexibility index (Phi) is 1.11. The molecule has 0 spiro atoms. The first-order chi connectivity index (χ1) is 4.87. The molecule has 1 unspecified atom stereocenters. The van der Waals surface area contributed by atoms with Gasteiger partial charge in [0.15, 0.2) is 0 Å². The molecule has 0 saturated heterocycles. The number of rotatable bonds is 1. The fraction of sp³-hybridized carbons (Fsp3) is 0.500. The zero-order valence-corrected chi connectivity index (χ0v) is 5.83. The molecule has 2 aliphatic heterocycles. The summed E-state index contributed by atoms with van der Waals surface area (Å²) in [6.45, 7) is 1.19. The van der Waals surface area contributed by atoms with Gasteiger partial charge in [0, 0.05) is 6.54 Å². The van der Waals surface area contributed by atoms with Crippen molar-refractivity contribution in [2.24, 2.45) is 0 Å². The fourth-order valence-corrected chi connectivity index (χ4v) is 1.65. The quantitative estimate of drug-likeness (QED) is 0.532. The SMILES string of the molecule is OCC12C=CCN1C=CC2. The monoisotopic (exact) mass is 137 g/mol. The predicted molar refractivity (Wildman–Crippen MR) is 39.4 cm³/mol. The van der Waals surface area contributed by atoms with Crippen molar-refractivity contribution in [3.63, 3.8) is 0 Å². The Labute approximate surface area is 60.5 Å². The highest BCUT2D eigenvalue weighted by Crippen LogP contribution is 2.31. The van der Waals surface area contributed by atoms with Crippen LogP contribution >= 0.6 is 0 Å². The lowest BCUT2D eigenvalue weighted by Crippen LogP contribution is -2.40. The Balaban J connectivity index is 2.27. The normalized spacial score (nSPS) is 35.5. The first kappa shape index (κ1) is 5.98. The van der Waals surface area contributed by atoms with Gasteiger partial charge in [0.1, 0.15) is 0 Å². The van der Waals surface area contributed by atoms with E-state index in [1.807, 2.05) is 0 Å². The lowest BCUT2D eigenvalue weighted by atomic mass is 10.00. The second-order valence-electron chi connectivity index (χ2n) is 2.91. The molecule has 0 aromatic heterocycles. The van der Waals surface area contributed by atoms with Gasteiger partial charge in [0.05, 0.1) is 12.1 Å². The molecule has 0 aromatic rings. The lowest BCUT2D eigenvalue weighted by molar-refractivity contribution is 0.140. The van der Waals surface area contributed by atoms with E-state index in [0.29, 0.717) is 0 Å². The van der Waals surface area contributed by atoms with Gasteiger partial charge >= 0.3 is 0 Å². The highest BCUT2D eigenvalue weighted by atomic mass is 16.3. The van der Waals surface area contributed by atoms with Gasteiger partial charge in [0.25, 0.3) is 0 Å². The molecule has 1 N–H and O–H groups in total. The molecular weight excluding hydrogens is 126 g/mol. The third-order valence-electron chi connectivity index (χ3n) is 2.33. The molecule has 2 rings (SSSR count). The molecule has 0 amide bonds. The van der Waals surface area contributed by atoms with E-state index >= 15 is 0 Å². The van der Waals surface area contributed by atoms with Crippen LogP contribution in [0.3, 0.4) is 0 Å². The van der Waals surface area contributed by atoms with E-state index in [0.717, 1.165) is 13.0 Å². The molecule has 0 radical (unpaired) electrons. The van der Waals surface area contributed by atoms with Crippen molar-refractivity contribution in [3.8, 4) is 0 Å². The summed E-state index contributed by atoms with van der Waals surface area (Å²) >= 11 is 0. The van der Waals surface area contributed by atoms with Gasteiger partial charge in [0.2, 0.25) is 0 Å². The average molecular weight is 137 g/mol. The van der Waals surface area contributed by atoms with Crippen molar-refractivity contribution in [2.75, 3.05) is 13.2 Å². The van der Waals surface area contributed by atoms with Gasteiger partial charge in [-0.2, -0.15) is 0 Å². The van der Waals surface area contributed by atoms with Gasteiger partial charge in [-0.25, -0.2) is 0 Å². The zero-order valence-electron chi connectivity index (χ0n) is 5.83. The topological polar surface area (TPSA) is 23.5 Å². The molecule has 54 valence electrons. The van der Waals surface area contributed by atoms with Crippen LogP contribution in [0.1, 0.15) is 6.42 Å². The third-order valence-corrected chi connectivity index (χ3v) is 2.33.